The normalized spacial score (nSPS) is 15.8. The van der Waals surface area contributed by atoms with E-state index in [4.69, 9.17) is 5.73 Å². The van der Waals surface area contributed by atoms with Gasteiger partial charge in [-0.1, -0.05) is 12.8 Å². The lowest BCUT2D eigenvalue weighted by Gasteiger charge is -2.20. The number of nitrogens with two attached hydrogens (primary N) is 1. The number of hydrogen-bond acceptors (Lipinski definition) is 4. The molecular weight excluding hydrogens is 272 g/mol. The molecule has 1 amide bonds. The highest BCUT2D eigenvalue weighted by Gasteiger charge is 2.17. The first-order chi connectivity index (χ1) is 10.1. The molecule has 0 spiro atoms. The van der Waals surface area contributed by atoms with E-state index in [0.717, 1.165) is 43.3 Å². The molecule has 2 rings (SSSR count). The van der Waals surface area contributed by atoms with Crippen molar-refractivity contribution in [3.8, 4) is 0 Å². The summed E-state index contributed by atoms with van der Waals surface area (Å²) in [4.78, 5) is 37.9. The first kappa shape index (κ1) is 15.5. The van der Waals surface area contributed by atoms with Gasteiger partial charge in [-0.05, 0) is 12.8 Å². The Balaban J connectivity index is 2.15. The summed E-state index contributed by atoms with van der Waals surface area (Å²) in [5.74, 6) is -0.0723. The number of aromatic nitrogens is 2. The van der Waals surface area contributed by atoms with Gasteiger partial charge in [0.25, 0.3) is 5.56 Å². The van der Waals surface area contributed by atoms with Crippen molar-refractivity contribution < 1.29 is 4.79 Å². The smallest absolute Gasteiger partial charge is 0.331 e. The highest BCUT2D eigenvalue weighted by atomic mass is 16.2. The molecule has 0 atom stereocenters. The minimum Gasteiger partial charge on any atom is -0.341 e. The van der Waals surface area contributed by atoms with Gasteiger partial charge >= 0.3 is 5.69 Å². The number of carbonyl (C=O) groups is 1. The van der Waals surface area contributed by atoms with Gasteiger partial charge in [-0.15, -0.1) is 0 Å². The second-order valence-electron chi connectivity index (χ2n) is 5.30. The van der Waals surface area contributed by atoms with Crippen LogP contribution in [0.15, 0.2) is 21.9 Å². The van der Waals surface area contributed by atoms with E-state index in [1.165, 1.54) is 16.8 Å². The lowest BCUT2D eigenvalue weighted by Crippen LogP contribution is -2.43. The monoisotopic (exact) mass is 294 g/mol. The highest BCUT2D eigenvalue weighted by Crippen LogP contribution is 2.09. The number of nitrogens with zero attached hydrogens (tertiary/aromatic N) is 3. The number of rotatable bonds is 4. The molecule has 0 saturated carbocycles. The Morgan fingerprint density at radius 2 is 1.81 bits per heavy atom. The van der Waals surface area contributed by atoms with Crippen molar-refractivity contribution in [3.05, 3.63) is 33.1 Å². The van der Waals surface area contributed by atoms with E-state index >= 15 is 0 Å². The van der Waals surface area contributed by atoms with E-state index in [1.54, 1.807) is 4.90 Å². The Hall–Kier alpha value is -1.89. The molecule has 1 saturated heterocycles. The Labute approximate surface area is 123 Å². The maximum atomic E-state index is 12.3. The fourth-order valence-electron chi connectivity index (χ4n) is 2.58. The molecule has 21 heavy (non-hydrogen) atoms. The third-order valence-corrected chi connectivity index (χ3v) is 3.76. The van der Waals surface area contributed by atoms with E-state index in [2.05, 4.69) is 0 Å². The molecule has 1 fully saturated rings. The van der Waals surface area contributed by atoms with E-state index in [0.29, 0.717) is 0 Å². The number of hydrogen-bond donors (Lipinski definition) is 1. The van der Waals surface area contributed by atoms with Crippen LogP contribution in [0.1, 0.15) is 25.7 Å². The minimum absolute atomic E-state index is 0.0241. The quantitative estimate of drug-likeness (QED) is 0.800. The highest BCUT2D eigenvalue weighted by molar-refractivity contribution is 5.76. The summed E-state index contributed by atoms with van der Waals surface area (Å²) in [6.07, 6.45) is 5.68. The molecule has 0 aromatic carbocycles. The Morgan fingerprint density at radius 3 is 2.43 bits per heavy atom. The number of likely N-dealkylation sites (tertiary alicyclic amines) is 1. The largest absolute Gasteiger partial charge is 0.341 e. The van der Waals surface area contributed by atoms with Gasteiger partial charge in [0.15, 0.2) is 0 Å². The van der Waals surface area contributed by atoms with Crippen molar-refractivity contribution in [1.29, 1.82) is 0 Å². The molecule has 0 unspecified atom stereocenters. The number of amides is 1. The van der Waals surface area contributed by atoms with Crippen LogP contribution in [0.25, 0.3) is 0 Å². The third kappa shape index (κ3) is 3.81. The van der Waals surface area contributed by atoms with Crippen molar-refractivity contribution in [2.24, 2.45) is 5.73 Å². The summed E-state index contributed by atoms with van der Waals surface area (Å²) in [7, 11) is 0. The summed E-state index contributed by atoms with van der Waals surface area (Å²) in [5, 5.41) is 0. The lowest BCUT2D eigenvalue weighted by molar-refractivity contribution is -0.131. The van der Waals surface area contributed by atoms with E-state index in [1.807, 2.05) is 0 Å². The number of carbonyl (C=O) groups excluding carboxylic acids is 1. The molecular formula is C14H22N4O3. The maximum absolute atomic E-state index is 12.3. The minimum atomic E-state index is -0.476. The van der Waals surface area contributed by atoms with Crippen molar-refractivity contribution in [1.82, 2.24) is 14.0 Å². The van der Waals surface area contributed by atoms with Crippen LogP contribution < -0.4 is 17.0 Å². The van der Waals surface area contributed by atoms with Crippen LogP contribution in [0.4, 0.5) is 0 Å². The second-order valence-corrected chi connectivity index (χ2v) is 5.30. The van der Waals surface area contributed by atoms with Gasteiger partial charge in [0.2, 0.25) is 5.91 Å². The summed E-state index contributed by atoms with van der Waals surface area (Å²) in [6, 6.07) is 1.30. The SMILES string of the molecule is NCCn1c(=O)ccn(CC(=O)N2CCCCCC2)c1=O. The van der Waals surface area contributed by atoms with Gasteiger partial charge in [0, 0.05) is 38.4 Å². The van der Waals surface area contributed by atoms with Gasteiger partial charge in [0.1, 0.15) is 6.54 Å². The van der Waals surface area contributed by atoms with Gasteiger partial charge in [0.05, 0.1) is 0 Å². The van der Waals surface area contributed by atoms with Gasteiger partial charge < -0.3 is 10.6 Å². The van der Waals surface area contributed by atoms with Crippen LogP contribution >= 0.6 is 0 Å². The van der Waals surface area contributed by atoms with Gasteiger partial charge in [-0.2, -0.15) is 0 Å². The van der Waals surface area contributed by atoms with Crippen LogP contribution in [-0.2, 0) is 17.9 Å². The summed E-state index contributed by atoms with van der Waals surface area (Å²) >= 11 is 0. The van der Waals surface area contributed by atoms with Crippen LogP contribution in [0.5, 0.6) is 0 Å². The summed E-state index contributed by atoms with van der Waals surface area (Å²) < 4.78 is 2.35. The molecule has 1 aliphatic rings. The van der Waals surface area contributed by atoms with E-state index in [-0.39, 0.29) is 31.1 Å². The average Bonchev–Trinajstić information content (AvgIpc) is 2.75. The van der Waals surface area contributed by atoms with Crippen LogP contribution in [-0.4, -0.2) is 39.6 Å². The molecule has 116 valence electrons. The van der Waals surface area contributed by atoms with Crippen LogP contribution in [0, 0.1) is 0 Å². The molecule has 7 heteroatoms. The van der Waals surface area contributed by atoms with E-state index < -0.39 is 5.69 Å². The van der Waals surface area contributed by atoms with Crippen molar-refractivity contribution >= 4 is 5.91 Å². The van der Waals surface area contributed by atoms with Crippen LogP contribution in [0.3, 0.4) is 0 Å². The molecule has 0 bridgehead atoms. The summed E-state index contributed by atoms with van der Waals surface area (Å²) in [6.45, 7) is 1.84. The standard InChI is InChI=1S/C14H22N4O3/c15-6-10-18-12(19)5-9-17(14(18)21)11-13(20)16-7-3-1-2-4-8-16/h5,9H,1-4,6-8,10-11,15H2. The molecule has 0 aliphatic carbocycles. The summed E-state index contributed by atoms with van der Waals surface area (Å²) in [5.41, 5.74) is 4.54. The lowest BCUT2D eigenvalue weighted by atomic mass is 10.2. The van der Waals surface area contributed by atoms with E-state index in [9.17, 15) is 14.4 Å². The zero-order valence-corrected chi connectivity index (χ0v) is 12.2. The maximum Gasteiger partial charge on any atom is 0.331 e. The molecule has 7 nitrogen and oxygen atoms in total. The molecule has 1 aliphatic heterocycles. The predicted octanol–water partition coefficient (Wildman–Crippen LogP) is -0.629. The zero-order chi connectivity index (χ0) is 15.2. The molecule has 2 heterocycles. The Kier molecular flexibility index (Phi) is 5.32. The van der Waals surface area contributed by atoms with Gasteiger partial charge in [-0.3, -0.25) is 18.7 Å². The Bertz CT molecular complexity index is 597. The fraction of sp³-hybridized carbons (Fsp3) is 0.643. The van der Waals surface area contributed by atoms with Gasteiger partial charge in [-0.25, -0.2) is 4.79 Å². The molecule has 2 N–H and O–H groups in total. The molecule has 1 aromatic rings. The predicted molar refractivity (Wildman–Crippen MR) is 79.1 cm³/mol. The van der Waals surface area contributed by atoms with Crippen LogP contribution in [0.2, 0.25) is 0 Å². The van der Waals surface area contributed by atoms with Crippen molar-refractivity contribution in [2.45, 2.75) is 38.8 Å². The second kappa shape index (κ2) is 7.21. The Morgan fingerprint density at radius 1 is 1.14 bits per heavy atom. The first-order valence-electron chi connectivity index (χ1n) is 7.41. The van der Waals surface area contributed by atoms with Crippen molar-refractivity contribution in [2.75, 3.05) is 19.6 Å². The first-order valence-corrected chi connectivity index (χ1v) is 7.41. The fourth-order valence-corrected chi connectivity index (χ4v) is 2.58. The topological polar surface area (TPSA) is 90.3 Å². The average molecular weight is 294 g/mol. The third-order valence-electron chi connectivity index (χ3n) is 3.76. The zero-order valence-electron chi connectivity index (χ0n) is 12.2. The molecule has 0 radical (unpaired) electrons. The molecule has 1 aromatic heterocycles. The van der Waals surface area contributed by atoms with Crippen molar-refractivity contribution in [3.63, 3.8) is 0 Å².